The van der Waals surface area contributed by atoms with Gasteiger partial charge >= 0.3 is 0 Å². The van der Waals surface area contributed by atoms with Gasteiger partial charge in [-0.15, -0.1) is 0 Å². The standard InChI is InChI=1S/C22H18F2N2O3S/c1-3-19(25-14(2)21-17(23)11-7-12-18(21)24)22(27)26-30(28,29)20-13-6-9-15-8-4-5-10-16(15)20/h3-13H,1-2H3,(H,26,27)/b19-3-,25-14?. The molecule has 0 aliphatic heterocycles. The summed E-state index contributed by atoms with van der Waals surface area (Å²) in [6.45, 7) is 2.80. The normalized spacial score (nSPS) is 12.8. The molecule has 1 N–H and O–H groups in total. The average molecular weight is 428 g/mol. The van der Waals surface area contributed by atoms with Crippen molar-refractivity contribution in [2.75, 3.05) is 0 Å². The average Bonchev–Trinajstić information content (AvgIpc) is 2.71. The van der Waals surface area contributed by atoms with E-state index in [4.69, 9.17) is 0 Å². The lowest BCUT2D eigenvalue weighted by atomic mass is 10.1. The van der Waals surface area contributed by atoms with Crippen LogP contribution in [-0.2, 0) is 14.8 Å². The van der Waals surface area contributed by atoms with Crippen molar-refractivity contribution in [3.05, 3.63) is 89.6 Å². The van der Waals surface area contributed by atoms with E-state index in [2.05, 4.69) is 4.99 Å². The van der Waals surface area contributed by atoms with Crippen molar-refractivity contribution >= 4 is 32.4 Å². The van der Waals surface area contributed by atoms with E-state index in [1.54, 1.807) is 36.4 Å². The molecule has 0 unspecified atom stereocenters. The molecule has 0 aliphatic rings. The molecule has 0 saturated carbocycles. The molecule has 5 nitrogen and oxygen atoms in total. The van der Waals surface area contributed by atoms with Gasteiger partial charge in [-0.05, 0) is 37.4 Å². The van der Waals surface area contributed by atoms with Gasteiger partial charge in [-0.1, -0.05) is 48.5 Å². The van der Waals surface area contributed by atoms with Crippen LogP contribution in [0.25, 0.3) is 10.8 Å². The van der Waals surface area contributed by atoms with E-state index in [1.807, 2.05) is 4.72 Å². The van der Waals surface area contributed by atoms with Crippen LogP contribution in [0.3, 0.4) is 0 Å². The maximum Gasteiger partial charge on any atom is 0.283 e. The highest BCUT2D eigenvalue weighted by molar-refractivity contribution is 7.90. The fourth-order valence-corrected chi connectivity index (χ4v) is 4.18. The quantitative estimate of drug-likeness (QED) is 0.485. The Bertz CT molecular complexity index is 1270. The molecule has 0 radical (unpaired) electrons. The molecule has 0 saturated heterocycles. The third kappa shape index (κ3) is 4.28. The first-order chi connectivity index (χ1) is 14.2. The highest BCUT2D eigenvalue weighted by atomic mass is 32.2. The van der Waals surface area contributed by atoms with Crippen LogP contribution in [-0.4, -0.2) is 20.0 Å². The van der Waals surface area contributed by atoms with Crippen molar-refractivity contribution < 1.29 is 22.0 Å². The van der Waals surface area contributed by atoms with E-state index in [0.29, 0.717) is 10.8 Å². The predicted octanol–water partition coefficient (Wildman–Crippen LogP) is 4.34. The zero-order chi connectivity index (χ0) is 21.9. The number of nitrogens with one attached hydrogen (secondary N) is 1. The largest absolute Gasteiger partial charge is 0.283 e. The highest BCUT2D eigenvalue weighted by Crippen LogP contribution is 2.23. The summed E-state index contributed by atoms with van der Waals surface area (Å²) in [5, 5.41) is 1.15. The van der Waals surface area contributed by atoms with Gasteiger partial charge in [0.2, 0.25) is 0 Å². The summed E-state index contributed by atoms with van der Waals surface area (Å²) >= 11 is 0. The lowest BCUT2D eigenvalue weighted by molar-refractivity contribution is -0.115. The summed E-state index contributed by atoms with van der Waals surface area (Å²) in [5.41, 5.74) is -0.781. The zero-order valence-electron chi connectivity index (χ0n) is 16.2. The first-order valence-corrected chi connectivity index (χ1v) is 10.4. The number of carbonyl (C=O) groups is 1. The summed E-state index contributed by atoms with van der Waals surface area (Å²) in [5.74, 6) is -2.69. The fraction of sp³-hybridized carbons (Fsp3) is 0.0909. The lowest BCUT2D eigenvalue weighted by Crippen LogP contribution is -2.31. The fourth-order valence-electron chi connectivity index (χ4n) is 2.99. The van der Waals surface area contributed by atoms with Crippen LogP contribution in [0.5, 0.6) is 0 Å². The lowest BCUT2D eigenvalue weighted by Gasteiger charge is -2.11. The SMILES string of the molecule is C/C=C(\N=C(C)c1c(F)cccc1F)C(=O)NS(=O)(=O)c1cccc2ccccc12. The zero-order valence-corrected chi connectivity index (χ0v) is 17.0. The molecular weight excluding hydrogens is 410 g/mol. The number of hydrogen-bond donors (Lipinski definition) is 1. The highest BCUT2D eigenvalue weighted by Gasteiger charge is 2.22. The van der Waals surface area contributed by atoms with E-state index in [1.165, 1.54) is 32.1 Å². The Morgan fingerprint density at radius 1 is 0.967 bits per heavy atom. The number of benzene rings is 3. The van der Waals surface area contributed by atoms with Crippen LogP contribution in [0.1, 0.15) is 19.4 Å². The van der Waals surface area contributed by atoms with Crippen molar-refractivity contribution in [3.63, 3.8) is 0 Å². The second-order valence-electron chi connectivity index (χ2n) is 6.38. The van der Waals surface area contributed by atoms with Gasteiger partial charge in [0, 0.05) is 5.39 Å². The number of fused-ring (bicyclic) bond motifs is 1. The molecule has 3 aromatic rings. The van der Waals surface area contributed by atoms with Crippen molar-refractivity contribution in [2.45, 2.75) is 18.7 Å². The Morgan fingerprint density at radius 3 is 2.23 bits per heavy atom. The van der Waals surface area contributed by atoms with Crippen LogP contribution in [0, 0.1) is 11.6 Å². The Balaban J connectivity index is 1.93. The van der Waals surface area contributed by atoms with Gasteiger partial charge in [0.15, 0.2) is 0 Å². The van der Waals surface area contributed by atoms with Crippen LogP contribution in [0.4, 0.5) is 8.78 Å². The number of nitrogens with zero attached hydrogens (tertiary/aromatic N) is 1. The molecule has 8 heteroatoms. The first-order valence-electron chi connectivity index (χ1n) is 8.95. The molecule has 0 bridgehead atoms. The molecule has 0 spiro atoms. The molecule has 0 aromatic heterocycles. The molecule has 30 heavy (non-hydrogen) atoms. The van der Waals surface area contributed by atoms with Gasteiger partial charge in [0.05, 0.1) is 16.2 Å². The van der Waals surface area contributed by atoms with Crippen molar-refractivity contribution in [1.29, 1.82) is 0 Å². The number of carbonyl (C=O) groups excluding carboxylic acids is 1. The molecule has 154 valence electrons. The number of rotatable bonds is 5. The van der Waals surface area contributed by atoms with Gasteiger partial charge in [0.25, 0.3) is 15.9 Å². The van der Waals surface area contributed by atoms with Crippen molar-refractivity contribution in [2.24, 2.45) is 4.99 Å². The first kappa shape index (κ1) is 21.3. The summed E-state index contributed by atoms with van der Waals surface area (Å²) in [6, 6.07) is 14.9. The van der Waals surface area contributed by atoms with E-state index in [0.717, 1.165) is 12.1 Å². The van der Waals surface area contributed by atoms with Gasteiger partial charge in [-0.3, -0.25) is 4.79 Å². The molecule has 0 fully saturated rings. The van der Waals surface area contributed by atoms with E-state index in [9.17, 15) is 22.0 Å². The smallest absolute Gasteiger partial charge is 0.266 e. The van der Waals surface area contributed by atoms with Crippen LogP contribution in [0.2, 0.25) is 0 Å². The maximum absolute atomic E-state index is 14.0. The van der Waals surface area contributed by atoms with E-state index >= 15 is 0 Å². The number of hydrogen-bond acceptors (Lipinski definition) is 4. The van der Waals surface area contributed by atoms with Crippen LogP contribution in [0.15, 0.2) is 82.3 Å². The minimum absolute atomic E-state index is 0.0646. The van der Waals surface area contributed by atoms with Crippen LogP contribution < -0.4 is 4.72 Å². The molecule has 1 amide bonds. The van der Waals surface area contributed by atoms with E-state index in [-0.39, 0.29) is 21.9 Å². The number of allylic oxidation sites excluding steroid dienone is 1. The number of sulfonamides is 1. The molecule has 3 aromatic carbocycles. The number of aliphatic imine (C=N–C) groups is 1. The molecule has 0 heterocycles. The Labute approximate surface area is 172 Å². The number of halogens is 2. The molecular formula is C22H18F2N2O3S. The number of amides is 1. The minimum atomic E-state index is -4.22. The third-order valence-electron chi connectivity index (χ3n) is 4.39. The van der Waals surface area contributed by atoms with Gasteiger partial charge in [0.1, 0.15) is 17.3 Å². The summed E-state index contributed by atoms with van der Waals surface area (Å²) in [4.78, 5) is 16.5. The monoisotopic (exact) mass is 428 g/mol. The Morgan fingerprint density at radius 2 is 1.57 bits per heavy atom. The van der Waals surface area contributed by atoms with Crippen molar-refractivity contribution in [1.82, 2.24) is 4.72 Å². The second kappa shape index (κ2) is 8.54. The maximum atomic E-state index is 14.0. The van der Waals surface area contributed by atoms with Gasteiger partial charge in [-0.2, -0.15) is 0 Å². The summed E-state index contributed by atoms with van der Waals surface area (Å²) in [6.07, 6.45) is 1.26. The summed E-state index contributed by atoms with van der Waals surface area (Å²) < 4.78 is 55.5. The van der Waals surface area contributed by atoms with Crippen LogP contribution >= 0.6 is 0 Å². The molecule has 0 aliphatic carbocycles. The predicted molar refractivity (Wildman–Crippen MR) is 112 cm³/mol. The Hall–Kier alpha value is -3.39. The van der Waals surface area contributed by atoms with Crippen molar-refractivity contribution in [3.8, 4) is 0 Å². The topological polar surface area (TPSA) is 75.6 Å². The minimum Gasteiger partial charge on any atom is -0.266 e. The molecule has 0 atom stereocenters. The second-order valence-corrected chi connectivity index (χ2v) is 8.03. The van der Waals surface area contributed by atoms with E-state index < -0.39 is 27.6 Å². The Kier molecular flexibility index (Phi) is 6.07. The third-order valence-corrected chi connectivity index (χ3v) is 5.77. The van der Waals surface area contributed by atoms with Gasteiger partial charge < -0.3 is 0 Å². The van der Waals surface area contributed by atoms with Gasteiger partial charge in [-0.25, -0.2) is 26.9 Å². The molecule has 3 rings (SSSR count). The summed E-state index contributed by atoms with van der Waals surface area (Å²) in [7, 11) is -4.22.